The second-order valence-corrected chi connectivity index (χ2v) is 8.33. The van der Waals surface area contributed by atoms with Gasteiger partial charge < -0.3 is 5.11 Å². The maximum absolute atomic E-state index is 12.8. The third-order valence-electron chi connectivity index (χ3n) is 5.95. The number of allylic oxidation sites excluding steroid dienone is 2. The monoisotopic (exact) mass is 391 g/mol. The Morgan fingerprint density at radius 3 is 2.65 bits per heavy atom. The molecule has 1 aromatic rings. The van der Waals surface area contributed by atoms with Gasteiger partial charge in [-0.2, -0.15) is 0 Å². The first kappa shape index (κ1) is 18.2. The average Bonchev–Trinajstić information content (AvgIpc) is 3.16. The van der Waals surface area contributed by atoms with E-state index < -0.39 is 6.10 Å². The van der Waals surface area contributed by atoms with Crippen LogP contribution >= 0.6 is 23.2 Å². The smallest absolute Gasteiger partial charge is 0.191 e. The fourth-order valence-corrected chi connectivity index (χ4v) is 5.03. The van der Waals surface area contributed by atoms with E-state index in [1.54, 1.807) is 6.08 Å². The number of aliphatic hydroxyl groups excluding tert-OH is 1. The number of nitrogens with zero attached hydrogens (tertiary/aromatic N) is 1. The van der Waals surface area contributed by atoms with Crippen LogP contribution in [-0.4, -0.2) is 41.0 Å². The molecule has 1 N–H and O–H groups in total. The van der Waals surface area contributed by atoms with E-state index in [0.717, 1.165) is 49.1 Å². The molecule has 3 aliphatic rings. The zero-order chi connectivity index (χ0) is 18.3. The van der Waals surface area contributed by atoms with Crippen molar-refractivity contribution >= 4 is 29.0 Å². The molecule has 4 rings (SSSR count). The van der Waals surface area contributed by atoms with Gasteiger partial charge in [-0.1, -0.05) is 35.3 Å². The Morgan fingerprint density at radius 2 is 1.92 bits per heavy atom. The van der Waals surface area contributed by atoms with Crippen LogP contribution < -0.4 is 0 Å². The van der Waals surface area contributed by atoms with Gasteiger partial charge in [0.1, 0.15) is 6.10 Å². The van der Waals surface area contributed by atoms with Crippen LogP contribution in [0.5, 0.6) is 0 Å². The number of Topliss-reactive ketones (excluding diaryl/α,β-unsaturated/α-hetero) is 1. The second-order valence-electron chi connectivity index (χ2n) is 7.52. The van der Waals surface area contributed by atoms with E-state index in [2.05, 4.69) is 4.90 Å². The van der Waals surface area contributed by atoms with Crippen molar-refractivity contribution in [3.05, 3.63) is 57.1 Å². The third-order valence-corrected chi connectivity index (χ3v) is 6.69. The first-order valence-corrected chi connectivity index (χ1v) is 10.1. The molecular formula is C21H23Cl2NO2. The third kappa shape index (κ3) is 3.38. The van der Waals surface area contributed by atoms with Gasteiger partial charge >= 0.3 is 0 Å². The van der Waals surface area contributed by atoms with Gasteiger partial charge in [-0.3, -0.25) is 9.69 Å². The van der Waals surface area contributed by atoms with Crippen molar-refractivity contribution in [1.29, 1.82) is 0 Å². The molecule has 1 aliphatic heterocycles. The van der Waals surface area contributed by atoms with Crippen molar-refractivity contribution in [3.8, 4) is 0 Å². The number of ketones is 1. The van der Waals surface area contributed by atoms with Crippen molar-refractivity contribution in [1.82, 2.24) is 4.90 Å². The van der Waals surface area contributed by atoms with Gasteiger partial charge in [0.15, 0.2) is 5.78 Å². The second kappa shape index (κ2) is 7.47. The minimum Gasteiger partial charge on any atom is -0.381 e. The van der Waals surface area contributed by atoms with Gasteiger partial charge in [-0.05, 0) is 74.5 Å². The maximum atomic E-state index is 12.8. The lowest BCUT2D eigenvalue weighted by Crippen LogP contribution is -2.46. The summed E-state index contributed by atoms with van der Waals surface area (Å²) in [5.74, 6) is -0.0438. The summed E-state index contributed by atoms with van der Waals surface area (Å²) in [6, 6.07) is 6.05. The molecule has 3 nitrogen and oxygen atoms in total. The van der Waals surface area contributed by atoms with E-state index in [-0.39, 0.29) is 11.7 Å². The predicted octanol–water partition coefficient (Wildman–Crippen LogP) is 4.21. The van der Waals surface area contributed by atoms with Crippen LogP contribution in [-0.2, 0) is 11.2 Å². The van der Waals surface area contributed by atoms with Crippen LogP contribution in [0.15, 0.2) is 41.5 Å². The lowest BCUT2D eigenvalue weighted by Gasteiger charge is -2.41. The van der Waals surface area contributed by atoms with Crippen molar-refractivity contribution in [2.75, 3.05) is 13.1 Å². The average molecular weight is 392 g/mol. The summed E-state index contributed by atoms with van der Waals surface area (Å²) < 4.78 is 0. The minimum absolute atomic E-state index is 0.0844. The highest BCUT2D eigenvalue weighted by atomic mass is 35.5. The SMILES string of the molecule is O=C1C2=C(C=CC1O)CCC(N1CCCC1)C2Cc1ccc(Cl)c(Cl)c1. The van der Waals surface area contributed by atoms with Gasteiger partial charge in [0.05, 0.1) is 10.0 Å². The fourth-order valence-electron chi connectivity index (χ4n) is 4.71. The summed E-state index contributed by atoms with van der Waals surface area (Å²) in [5, 5.41) is 11.2. The van der Waals surface area contributed by atoms with Crippen LogP contribution in [0, 0.1) is 5.92 Å². The quantitative estimate of drug-likeness (QED) is 0.838. The van der Waals surface area contributed by atoms with Gasteiger partial charge in [-0.15, -0.1) is 0 Å². The zero-order valence-corrected chi connectivity index (χ0v) is 16.1. The number of likely N-dealkylation sites (tertiary alicyclic amines) is 1. The molecule has 2 aliphatic carbocycles. The van der Waals surface area contributed by atoms with Crippen LogP contribution in [0.3, 0.4) is 0 Å². The van der Waals surface area contributed by atoms with Crippen LogP contribution in [0.25, 0.3) is 0 Å². The molecule has 3 atom stereocenters. The molecule has 0 aromatic heterocycles. The number of hydrogen-bond donors (Lipinski definition) is 1. The summed E-state index contributed by atoms with van der Waals surface area (Å²) >= 11 is 12.3. The Bertz CT molecular complexity index is 780. The van der Waals surface area contributed by atoms with E-state index in [1.807, 2.05) is 24.3 Å². The first-order chi connectivity index (χ1) is 12.5. The summed E-state index contributed by atoms with van der Waals surface area (Å²) in [7, 11) is 0. The molecule has 26 heavy (non-hydrogen) atoms. The molecule has 3 unspecified atom stereocenters. The highest BCUT2D eigenvalue weighted by Crippen LogP contribution is 2.40. The van der Waals surface area contributed by atoms with E-state index in [0.29, 0.717) is 16.1 Å². The number of aliphatic hydroxyl groups is 1. The minimum atomic E-state index is -1.01. The number of carbonyl (C=O) groups is 1. The van der Waals surface area contributed by atoms with Crippen LogP contribution in [0.4, 0.5) is 0 Å². The summed E-state index contributed by atoms with van der Waals surface area (Å²) in [6.45, 7) is 2.19. The Morgan fingerprint density at radius 1 is 1.15 bits per heavy atom. The Hall–Kier alpha value is -1.13. The number of rotatable bonds is 3. The Balaban J connectivity index is 1.71. The number of benzene rings is 1. The van der Waals surface area contributed by atoms with Gasteiger partial charge in [0.2, 0.25) is 0 Å². The molecule has 1 aromatic carbocycles. The molecule has 1 heterocycles. The van der Waals surface area contributed by atoms with E-state index in [1.165, 1.54) is 12.8 Å². The number of carbonyl (C=O) groups excluding carboxylic acids is 1. The molecular weight excluding hydrogens is 369 g/mol. The summed E-state index contributed by atoms with van der Waals surface area (Å²) in [4.78, 5) is 15.3. The standard InChI is InChI=1S/C21H23Cl2NO2/c22-16-6-3-13(12-17(16)23)11-15-18(24-9-1-2-10-24)7-4-14-5-8-19(25)21(26)20(14)15/h3,5-6,8,12,15,18-19,25H,1-2,4,7,9-11H2. The van der Waals surface area contributed by atoms with Gasteiger partial charge in [0.25, 0.3) is 0 Å². The predicted molar refractivity (Wildman–Crippen MR) is 105 cm³/mol. The normalized spacial score (nSPS) is 29.3. The van der Waals surface area contributed by atoms with E-state index >= 15 is 0 Å². The number of halogens is 2. The lowest BCUT2D eigenvalue weighted by atomic mass is 9.71. The summed E-state index contributed by atoms with van der Waals surface area (Å²) in [5.41, 5.74) is 3.01. The molecule has 1 saturated heterocycles. The van der Waals surface area contributed by atoms with Crippen molar-refractivity contribution in [2.45, 2.75) is 44.2 Å². The molecule has 5 heteroatoms. The van der Waals surface area contributed by atoms with E-state index in [4.69, 9.17) is 23.2 Å². The van der Waals surface area contributed by atoms with E-state index in [9.17, 15) is 9.90 Å². The maximum Gasteiger partial charge on any atom is 0.191 e. The molecule has 138 valence electrons. The molecule has 0 bridgehead atoms. The topological polar surface area (TPSA) is 40.5 Å². The molecule has 0 radical (unpaired) electrons. The molecule has 1 fully saturated rings. The van der Waals surface area contributed by atoms with Gasteiger partial charge in [-0.25, -0.2) is 0 Å². The van der Waals surface area contributed by atoms with Gasteiger partial charge in [0, 0.05) is 17.5 Å². The van der Waals surface area contributed by atoms with Crippen molar-refractivity contribution in [2.24, 2.45) is 5.92 Å². The van der Waals surface area contributed by atoms with Crippen LogP contribution in [0.2, 0.25) is 10.0 Å². The van der Waals surface area contributed by atoms with Crippen LogP contribution in [0.1, 0.15) is 31.2 Å². The Labute approximate surface area is 164 Å². The lowest BCUT2D eigenvalue weighted by molar-refractivity contribution is -0.122. The molecule has 0 amide bonds. The fraction of sp³-hybridized carbons (Fsp3) is 0.476. The highest BCUT2D eigenvalue weighted by molar-refractivity contribution is 6.42. The largest absolute Gasteiger partial charge is 0.381 e. The summed E-state index contributed by atoms with van der Waals surface area (Å²) in [6.07, 6.45) is 7.70. The molecule has 0 saturated carbocycles. The first-order valence-electron chi connectivity index (χ1n) is 9.36. The van der Waals surface area contributed by atoms with Crippen molar-refractivity contribution in [3.63, 3.8) is 0 Å². The zero-order valence-electron chi connectivity index (χ0n) is 14.6. The highest BCUT2D eigenvalue weighted by Gasteiger charge is 2.40. The Kier molecular flexibility index (Phi) is 5.24. The van der Waals surface area contributed by atoms with Crippen molar-refractivity contribution < 1.29 is 9.90 Å². The number of hydrogen-bond acceptors (Lipinski definition) is 3. The molecule has 0 spiro atoms.